The minimum atomic E-state index is -1.14. The number of nitrogens with zero attached hydrogens (tertiary/aromatic N) is 6. The zero-order chi connectivity index (χ0) is 23.6. The number of carboxylic acid groups (broad SMARTS) is 1. The Hall–Kier alpha value is -2.98. The van der Waals surface area contributed by atoms with E-state index in [2.05, 4.69) is 30.6 Å². The Kier molecular flexibility index (Phi) is 6.66. The second kappa shape index (κ2) is 9.48. The summed E-state index contributed by atoms with van der Waals surface area (Å²) in [6, 6.07) is 0.615. The van der Waals surface area contributed by atoms with Crippen molar-refractivity contribution in [1.29, 1.82) is 0 Å². The molecule has 0 radical (unpaired) electrons. The molecule has 2 aliphatic heterocycles. The molecular weight excluding hydrogens is 492 g/mol. The summed E-state index contributed by atoms with van der Waals surface area (Å²) >= 11 is 3.93. The second-order valence-corrected chi connectivity index (χ2v) is 10.3. The van der Waals surface area contributed by atoms with E-state index in [1.807, 2.05) is 0 Å². The van der Waals surface area contributed by atoms with Crippen LogP contribution in [0.3, 0.4) is 0 Å². The van der Waals surface area contributed by atoms with Crippen LogP contribution in [0.4, 0.5) is 5.82 Å². The van der Waals surface area contributed by atoms with Gasteiger partial charge in [0.1, 0.15) is 35.3 Å². The van der Waals surface area contributed by atoms with E-state index in [0.717, 1.165) is 0 Å². The van der Waals surface area contributed by atoms with Gasteiger partial charge in [-0.1, -0.05) is 28.3 Å². The summed E-state index contributed by atoms with van der Waals surface area (Å²) in [5, 5.41) is 23.5. The van der Waals surface area contributed by atoms with Crippen molar-refractivity contribution in [3.63, 3.8) is 0 Å². The molecule has 0 aromatic carbocycles. The third-order valence-electron chi connectivity index (χ3n) is 4.98. The van der Waals surface area contributed by atoms with E-state index < -0.39 is 28.7 Å². The first-order chi connectivity index (χ1) is 15.8. The molecule has 2 unspecified atom stereocenters. The first-order valence-electron chi connectivity index (χ1n) is 9.40. The highest BCUT2D eigenvalue weighted by Crippen LogP contribution is 2.44. The largest absolute Gasteiger partial charge is 0.481 e. The smallest absolute Gasteiger partial charge is 0.313 e. The lowest BCUT2D eigenvalue weighted by molar-refractivity contribution is -0.157. The van der Waals surface area contributed by atoms with E-state index in [0.29, 0.717) is 4.34 Å². The fourth-order valence-corrected chi connectivity index (χ4v) is 6.65. The Balaban J connectivity index is 1.43. The van der Waals surface area contributed by atoms with Crippen LogP contribution in [0.5, 0.6) is 0 Å². The Morgan fingerprint density at radius 3 is 3.00 bits per heavy atom. The molecule has 2 saturated heterocycles. The number of amides is 2. The summed E-state index contributed by atoms with van der Waals surface area (Å²) in [4.78, 5) is 51.8. The molecular formula is C17H18N8O5S3. The number of carbonyl (C=O) groups excluding carboxylic acids is 2. The maximum atomic E-state index is 12.8. The molecule has 0 bridgehead atoms. The molecule has 4 heterocycles. The lowest BCUT2D eigenvalue weighted by Gasteiger charge is -2.53. The van der Waals surface area contributed by atoms with E-state index >= 15 is 0 Å². The number of nitrogen functional groups attached to an aromatic ring is 1. The maximum absolute atomic E-state index is 12.8. The number of carboxylic acids is 1. The van der Waals surface area contributed by atoms with Crippen molar-refractivity contribution in [2.75, 3.05) is 30.9 Å². The van der Waals surface area contributed by atoms with Crippen LogP contribution < -0.4 is 11.1 Å². The number of nitrogens with one attached hydrogen (secondary N) is 1. The van der Waals surface area contributed by atoms with Crippen LogP contribution >= 0.6 is 34.9 Å². The third kappa shape index (κ3) is 4.58. The van der Waals surface area contributed by atoms with Crippen molar-refractivity contribution >= 4 is 64.2 Å². The van der Waals surface area contributed by atoms with Crippen LogP contribution in [-0.2, 0) is 19.2 Å². The number of carbonyl (C=O) groups is 3. The Bertz CT molecular complexity index is 1100. The number of aromatic nitrogens is 4. The molecule has 2 amide bonds. The van der Waals surface area contributed by atoms with Crippen molar-refractivity contribution in [2.24, 2.45) is 10.6 Å². The van der Waals surface area contributed by atoms with Gasteiger partial charge in [-0.2, -0.15) is 0 Å². The number of rotatable bonds is 8. The first-order valence-corrected chi connectivity index (χ1v) is 12.3. The summed E-state index contributed by atoms with van der Waals surface area (Å²) < 4.78 is 0.663. The van der Waals surface area contributed by atoms with E-state index in [4.69, 9.17) is 10.6 Å². The number of thioether (sulfide) groups is 2. The van der Waals surface area contributed by atoms with Crippen molar-refractivity contribution < 1.29 is 24.3 Å². The number of hydrogen-bond donors (Lipinski definition) is 3. The normalized spacial score (nSPS) is 24.6. The second-order valence-electron chi connectivity index (χ2n) is 7.13. The predicted octanol–water partition coefficient (Wildman–Crippen LogP) is -0.476. The number of hydrogen-bond acceptors (Lipinski definition) is 13. The van der Waals surface area contributed by atoms with Gasteiger partial charge in [-0.05, 0) is 6.07 Å². The molecule has 0 saturated carbocycles. The van der Waals surface area contributed by atoms with Crippen LogP contribution in [0.25, 0.3) is 0 Å². The SMILES string of the molecule is CON=C(C(=O)NC1C(=O)N2CC(CSc3nncs3)(C(=O)O)CS[C@H]12)c1nccc(N)n1. The number of aliphatic carboxylic acids is 1. The van der Waals surface area contributed by atoms with Crippen LogP contribution in [0, 0.1) is 5.41 Å². The van der Waals surface area contributed by atoms with Crippen LogP contribution in [0.2, 0.25) is 0 Å². The molecule has 33 heavy (non-hydrogen) atoms. The van der Waals surface area contributed by atoms with E-state index in [9.17, 15) is 19.5 Å². The highest BCUT2D eigenvalue weighted by Gasteiger charge is 2.57. The van der Waals surface area contributed by atoms with Gasteiger partial charge in [0.05, 0.1) is 0 Å². The summed E-state index contributed by atoms with van der Waals surface area (Å²) in [5.41, 5.74) is 5.85. The highest BCUT2D eigenvalue weighted by atomic mass is 32.2. The molecule has 16 heteroatoms. The summed E-state index contributed by atoms with van der Waals surface area (Å²) in [6.07, 6.45) is 1.37. The zero-order valence-corrected chi connectivity index (χ0v) is 19.5. The summed E-state index contributed by atoms with van der Waals surface area (Å²) in [5.74, 6) is -1.46. The fraction of sp³-hybridized carbons (Fsp3) is 0.412. The molecule has 4 rings (SSSR count). The first kappa shape index (κ1) is 23.2. The fourth-order valence-electron chi connectivity index (χ4n) is 3.30. The van der Waals surface area contributed by atoms with E-state index in [-0.39, 0.29) is 41.3 Å². The minimum absolute atomic E-state index is 0.0361. The van der Waals surface area contributed by atoms with Crippen LogP contribution in [-0.4, -0.2) is 90.2 Å². The van der Waals surface area contributed by atoms with Gasteiger partial charge in [0, 0.05) is 24.2 Å². The molecule has 0 aliphatic carbocycles. The van der Waals surface area contributed by atoms with E-state index in [1.165, 1.54) is 59.1 Å². The van der Waals surface area contributed by atoms with Crippen molar-refractivity contribution in [1.82, 2.24) is 30.4 Å². The molecule has 0 spiro atoms. The molecule has 2 aromatic heterocycles. The van der Waals surface area contributed by atoms with Crippen molar-refractivity contribution in [3.05, 3.63) is 23.6 Å². The van der Waals surface area contributed by atoms with Crippen LogP contribution in [0.15, 0.2) is 27.3 Å². The van der Waals surface area contributed by atoms with Gasteiger partial charge < -0.3 is 25.9 Å². The van der Waals surface area contributed by atoms with Gasteiger partial charge in [-0.3, -0.25) is 14.4 Å². The Morgan fingerprint density at radius 1 is 1.52 bits per heavy atom. The number of nitrogens with two attached hydrogens (primary N) is 1. The predicted molar refractivity (Wildman–Crippen MR) is 121 cm³/mol. The standard InChI is InChI=1S/C17H18N8O5S3/c1-30-24-9(11-19-3-2-8(18)21-11)12(26)22-10-13(27)25-4-17(15(28)29,5-31-14(10)25)6-32-16-23-20-7-33-16/h2-3,7,10,14H,4-6H2,1H3,(H,22,26)(H,28,29)(H2,18,19,21)/t10?,14-,17?/m1/s1. The Morgan fingerprint density at radius 2 is 2.33 bits per heavy atom. The average Bonchev–Trinajstić information content (AvgIpc) is 3.33. The van der Waals surface area contributed by atoms with Crippen molar-refractivity contribution in [2.45, 2.75) is 15.8 Å². The van der Waals surface area contributed by atoms with Gasteiger partial charge in [0.25, 0.3) is 5.91 Å². The van der Waals surface area contributed by atoms with Gasteiger partial charge in [0.15, 0.2) is 10.2 Å². The van der Waals surface area contributed by atoms with Gasteiger partial charge in [-0.15, -0.1) is 22.0 Å². The van der Waals surface area contributed by atoms with Gasteiger partial charge in [-0.25, -0.2) is 9.97 Å². The molecule has 3 atom stereocenters. The van der Waals surface area contributed by atoms with Crippen molar-refractivity contribution in [3.8, 4) is 0 Å². The Labute approximate surface area is 199 Å². The lowest BCUT2D eigenvalue weighted by atomic mass is 9.89. The van der Waals surface area contributed by atoms with E-state index in [1.54, 1.807) is 5.51 Å². The number of β-lactam (4-membered cyclic amide) rings is 1. The van der Waals surface area contributed by atoms with Crippen LogP contribution in [0.1, 0.15) is 5.82 Å². The molecule has 2 fully saturated rings. The highest BCUT2D eigenvalue weighted by molar-refractivity contribution is 8.01. The van der Waals surface area contributed by atoms with Gasteiger partial charge >= 0.3 is 5.97 Å². The number of fused-ring (bicyclic) bond motifs is 1. The zero-order valence-electron chi connectivity index (χ0n) is 17.1. The molecule has 174 valence electrons. The summed E-state index contributed by atoms with van der Waals surface area (Å²) in [6.45, 7) is 0.0361. The summed E-state index contributed by atoms with van der Waals surface area (Å²) in [7, 11) is 1.26. The van der Waals surface area contributed by atoms with Gasteiger partial charge in [0.2, 0.25) is 11.6 Å². The molecule has 2 aliphatic rings. The molecule has 13 nitrogen and oxygen atoms in total. The minimum Gasteiger partial charge on any atom is -0.481 e. The average molecular weight is 511 g/mol. The topological polar surface area (TPSA) is 186 Å². The maximum Gasteiger partial charge on any atom is 0.313 e. The lowest BCUT2D eigenvalue weighted by Crippen LogP contribution is -2.74. The third-order valence-corrected chi connectivity index (χ3v) is 8.72. The quantitative estimate of drug-likeness (QED) is 0.180. The number of oxime groups is 1. The number of anilines is 1. The molecule has 2 aromatic rings. The monoisotopic (exact) mass is 510 g/mol. The molecule has 4 N–H and O–H groups in total.